The average molecular weight is 368 g/mol. The number of nitrogens with two attached hydrogens (primary N) is 1. The minimum Gasteiger partial charge on any atom is -0.383 e. The highest BCUT2D eigenvalue weighted by Gasteiger charge is 2.27. The molecule has 3 rings (SSSR count). The molecule has 0 bridgehead atoms. The molecule has 21 heavy (non-hydrogen) atoms. The number of sulfonamides is 1. The van der Waals surface area contributed by atoms with Crippen LogP contribution in [0.5, 0.6) is 0 Å². The number of aromatic nitrogens is 1. The zero-order valence-electron chi connectivity index (χ0n) is 11.1. The summed E-state index contributed by atoms with van der Waals surface area (Å²) < 4.78 is 27.8. The molecule has 3 N–H and O–H groups in total. The molecule has 0 saturated carbocycles. The topological polar surface area (TPSA) is 85.1 Å². The van der Waals surface area contributed by atoms with E-state index in [9.17, 15) is 8.42 Å². The van der Waals surface area contributed by atoms with Gasteiger partial charge in [0.2, 0.25) is 10.0 Å². The van der Waals surface area contributed by atoms with E-state index in [1.807, 2.05) is 18.2 Å². The number of halogens is 1. The van der Waals surface area contributed by atoms with Gasteiger partial charge in [0.1, 0.15) is 10.7 Å². The standard InChI is InChI=1S/C14H14BrN3O2S/c15-11-6-13(14(16)17-8-11)21(19,20)18-7-10-5-9-3-1-2-4-12(9)10/h1-4,6,8,10,18H,5,7H2,(H2,16,17). The van der Waals surface area contributed by atoms with Gasteiger partial charge in [-0.3, -0.25) is 0 Å². The third kappa shape index (κ3) is 2.81. The van der Waals surface area contributed by atoms with Crippen molar-refractivity contribution in [1.82, 2.24) is 9.71 Å². The Hall–Kier alpha value is -1.44. The molecule has 1 aliphatic carbocycles. The van der Waals surface area contributed by atoms with Crippen molar-refractivity contribution < 1.29 is 8.42 Å². The highest BCUT2D eigenvalue weighted by Crippen LogP contribution is 2.34. The van der Waals surface area contributed by atoms with Gasteiger partial charge in [-0.05, 0) is 39.5 Å². The molecule has 0 radical (unpaired) electrons. The third-order valence-electron chi connectivity index (χ3n) is 3.62. The summed E-state index contributed by atoms with van der Waals surface area (Å²) in [5.74, 6) is 0.219. The lowest BCUT2D eigenvalue weighted by Crippen LogP contribution is -2.33. The van der Waals surface area contributed by atoms with Crippen molar-refractivity contribution in [2.75, 3.05) is 12.3 Å². The third-order valence-corrected chi connectivity index (χ3v) is 5.51. The van der Waals surface area contributed by atoms with Gasteiger partial charge in [0.05, 0.1) is 0 Å². The first kappa shape index (κ1) is 14.5. The predicted octanol–water partition coefficient (Wildman–Crippen LogP) is 2.04. The fourth-order valence-electron chi connectivity index (χ4n) is 2.48. The lowest BCUT2D eigenvalue weighted by Gasteiger charge is -2.30. The quantitative estimate of drug-likeness (QED) is 0.865. The number of hydrogen-bond donors (Lipinski definition) is 2. The number of anilines is 1. The first-order chi connectivity index (χ1) is 9.97. The van der Waals surface area contributed by atoms with Gasteiger partial charge in [0, 0.05) is 23.1 Å². The molecule has 1 aromatic carbocycles. The van der Waals surface area contributed by atoms with Crippen molar-refractivity contribution in [2.24, 2.45) is 0 Å². The van der Waals surface area contributed by atoms with Gasteiger partial charge in [-0.15, -0.1) is 0 Å². The summed E-state index contributed by atoms with van der Waals surface area (Å²) in [4.78, 5) is 3.86. The molecule has 110 valence electrons. The van der Waals surface area contributed by atoms with Crippen molar-refractivity contribution in [3.05, 3.63) is 52.1 Å². The summed E-state index contributed by atoms with van der Waals surface area (Å²) in [6.07, 6.45) is 2.36. The van der Waals surface area contributed by atoms with Crippen LogP contribution >= 0.6 is 15.9 Å². The second-order valence-electron chi connectivity index (χ2n) is 4.99. The SMILES string of the molecule is Nc1ncc(Br)cc1S(=O)(=O)NCC1Cc2ccccc21. The highest BCUT2D eigenvalue weighted by molar-refractivity contribution is 9.10. The minimum atomic E-state index is -3.65. The second kappa shape index (κ2) is 5.40. The predicted molar refractivity (Wildman–Crippen MR) is 84.4 cm³/mol. The molecule has 0 amide bonds. The molecule has 0 aliphatic heterocycles. The van der Waals surface area contributed by atoms with Crippen LogP contribution in [0.4, 0.5) is 5.82 Å². The average Bonchev–Trinajstić information content (AvgIpc) is 2.42. The Kier molecular flexibility index (Phi) is 3.73. The molecular formula is C14H14BrN3O2S. The molecule has 1 atom stereocenters. The van der Waals surface area contributed by atoms with Crippen molar-refractivity contribution in [2.45, 2.75) is 17.2 Å². The van der Waals surface area contributed by atoms with Gasteiger partial charge < -0.3 is 5.73 Å². The van der Waals surface area contributed by atoms with Crippen LogP contribution in [0.3, 0.4) is 0 Å². The number of pyridine rings is 1. The van der Waals surface area contributed by atoms with E-state index >= 15 is 0 Å². The first-order valence-corrected chi connectivity index (χ1v) is 8.73. The molecule has 0 spiro atoms. The maximum atomic E-state index is 12.3. The van der Waals surface area contributed by atoms with Gasteiger partial charge in [-0.1, -0.05) is 24.3 Å². The minimum absolute atomic E-state index is 0.000269. The summed E-state index contributed by atoms with van der Waals surface area (Å²) in [5.41, 5.74) is 8.15. The normalized spacial score (nSPS) is 17.1. The van der Waals surface area contributed by atoms with Gasteiger partial charge in [0.15, 0.2) is 0 Å². The summed E-state index contributed by atoms with van der Waals surface area (Å²) >= 11 is 3.20. The first-order valence-electron chi connectivity index (χ1n) is 6.46. The van der Waals surface area contributed by atoms with Crippen LogP contribution in [0, 0.1) is 0 Å². The zero-order valence-corrected chi connectivity index (χ0v) is 13.5. The number of nitrogens with one attached hydrogen (secondary N) is 1. The second-order valence-corrected chi connectivity index (χ2v) is 7.64. The zero-order chi connectivity index (χ0) is 15.0. The molecule has 5 nitrogen and oxygen atoms in total. The Bertz CT molecular complexity index is 793. The Balaban J connectivity index is 1.75. The van der Waals surface area contributed by atoms with Gasteiger partial charge in [-0.25, -0.2) is 18.1 Å². The molecule has 0 saturated heterocycles. The van der Waals surface area contributed by atoms with Crippen molar-refractivity contribution in [3.63, 3.8) is 0 Å². The van der Waals surface area contributed by atoms with Crippen LogP contribution in [0.1, 0.15) is 17.0 Å². The van der Waals surface area contributed by atoms with E-state index < -0.39 is 10.0 Å². The fraction of sp³-hybridized carbons (Fsp3) is 0.214. The number of hydrogen-bond acceptors (Lipinski definition) is 4. The molecule has 0 fully saturated rings. The maximum Gasteiger partial charge on any atom is 0.244 e. The summed E-state index contributed by atoms with van der Waals surface area (Å²) in [6.45, 7) is 0.366. The van der Waals surface area contributed by atoms with Crippen LogP contribution < -0.4 is 10.5 Å². The Morgan fingerprint density at radius 2 is 2.14 bits per heavy atom. The Morgan fingerprint density at radius 3 is 2.90 bits per heavy atom. The van der Waals surface area contributed by atoms with E-state index in [0.29, 0.717) is 11.0 Å². The molecule has 1 unspecified atom stereocenters. The number of nitrogen functional groups attached to an aromatic ring is 1. The number of benzene rings is 1. The molecule has 1 heterocycles. The number of rotatable bonds is 4. The summed E-state index contributed by atoms with van der Waals surface area (Å²) in [5, 5.41) is 0. The van der Waals surface area contributed by atoms with E-state index in [1.165, 1.54) is 23.4 Å². The lowest BCUT2D eigenvalue weighted by molar-refractivity contribution is 0.552. The van der Waals surface area contributed by atoms with E-state index in [1.54, 1.807) is 0 Å². The molecule has 1 aliphatic rings. The smallest absolute Gasteiger partial charge is 0.244 e. The van der Waals surface area contributed by atoms with Gasteiger partial charge >= 0.3 is 0 Å². The van der Waals surface area contributed by atoms with Crippen molar-refractivity contribution in [1.29, 1.82) is 0 Å². The maximum absolute atomic E-state index is 12.3. The fourth-order valence-corrected chi connectivity index (χ4v) is 4.15. The van der Waals surface area contributed by atoms with E-state index in [4.69, 9.17) is 5.73 Å². The van der Waals surface area contributed by atoms with Gasteiger partial charge in [0.25, 0.3) is 0 Å². The highest BCUT2D eigenvalue weighted by atomic mass is 79.9. The Morgan fingerprint density at radius 1 is 1.38 bits per heavy atom. The van der Waals surface area contributed by atoms with E-state index in [-0.39, 0.29) is 16.6 Å². The lowest BCUT2D eigenvalue weighted by atomic mass is 9.78. The molecule has 7 heteroatoms. The molecular weight excluding hydrogens is 354 g/mol. The Labute approximate surface area is 131 Å². The van der Waals surface area contributed by atoms with Crippen LogP contribution in [-0.2, 0) is 16.4 Å². The summed E-state index contributed by atoms with van der Waals surface area (Å²) in [7, 11) is -3.65. The molecule has 1 aromatic heterocycles. The van der Waals surface area contributed by atoms with E-state index in [2.05, 4.69) is 31.7 Å². The van der Waals surface area contributed by atoms with E-state index in [0.717, 1.165) is 6.42 Å². The largest absolute Gasteiger partial charge is 0.383 e. The number of fused-ring (bicyclic) bond motifs is 1. The van der Waals surface area contributed by atoms with Crippen molar-refractivity contribution >= 4 is 31.8 Å². The van der Waals surface area contributed by atoms with Crippen LogP contribution in [0.25, 0.3) is 0 Å². The molecule has 2 aromatic rings. The van der Waals surface area contributed by atoms with Crippen LogP contribution in [-0.4, -0.2) is 19.9 Å². The van der Waals surface area contributed by atoms with Gasteiger partial charge in [-0.2, -0.15) is 0 Å². The number of nitrogens with zero attached hydrogens (tertiary/aromatic N) is 1. The van der Waals surface area contributed by atoms with Crippen LogP contribution in [0.2, 0.25) is 0 Å². The van der Waals surface area contributed by atoms with Crippen LogP contribution in [0.15, 0.2) is 45.9 Å². The monoisotopic (exact) mass is 367 g/mol. The summed E-state index contributed by atoms with van der Waals surface area (Å²) in [6, 6.07) is 9.52. The van der Waals surface area contributed by atoms with Crippen molar-refractivity contribution in [3.8, 4) is 0 Å².